The van der Waals surface area contributed by atoms with Gasteiger partial charge in [0.15, 0.2) is 0 Å². The molecule has 0 fully saturated rings. The van der Waals surface area contributed by atoms with E-state index in [0.717, 1.165) is 12.8 Å². The molecule has 2 N–H and O–H groups in total. The van der Waals surface area contributed by atoms with Crippen LogP contribution in [0.15, 0.2) is 54.6 Å². The summed E-state index contributed by atoms with van der Waals surface area (Å²) in [5.74, 6) is -0.0407. The molecule has 0 saturated heterocycles. The van der Waals surface area contributed by atoms with Crippen LogP contribution in [0.3, 0.4) is 0 Å². The molecule has 3 rings (SSSR count). The molecule has 0 aliphatic heterocycles. The third-order valence-electron chi connectivity index (χ3n) is 8.48. The molecule has 6 nitrogen and oxygen atoms in total. The number of amides is 2. The summed E-state index contributed by atoms with van der Waals surface area (Å²) in [4.78, 5) is 26.6. The van der Waals surface area contributed by atoms with E-state index in [1.165, 1.54) is 102 Å². The third-order valence-corrected chi connectivity index (χ3v) is 8.48. The molecule has 0 unspecified atom stereocenters. The Bertz CT molecular complexity index is 1310. The second kappa shape index (κ2) is 19.7. The minimum atomic E-state index is -0.423. The molecule has 3 aromatic carbocycles. The Kier molecular flexibility index (Phi) is 15.6. The molecule has 0 aromatic heterocycles. The topological polar surface area (TPSA) is 78.9 Å². The number of ether oxygens (including phenoxy) is 1. The first kappa shape index (κ1) is 34.9. The van der Waals surface area contributed by atoms with Gasteiger partial charge in [-0.05, 0) is 30.7 Å². The minimum Gasteiger partial charge on any atom is -0.506 e. The van der Waals surface area contributed by atoms with Crippen molar-refractivity contribution in [3.05, 3.63) is 60.2 Å². The lowest BCUT2D eigenvalue weighted by molar-refractivity contribution is -0.116. The molecule has 0 bridgehead atoms. The van der Waals surface area contributed by atoms with Crippen molar-refractivity contribution in [2.75, 3.05) is 23.9 Å². The molecule has 44 heavy (non-hydrogen) atoms. The van der Waals surface area contributed by atoms with Crippen molar-refractivity contribution in [3.63, 3.8) is 0 Å². The number of unbranched alkanes of at least 4 members (excludes halogenated alkanes) is 15. The van der Waals surface area contributed by atoms with Crippen LogP contribution in [0.2, 0.25) is 0 Å². The van der Waals surface area contributed by atoms with E-state index < -0.39 is 5.91 Å². The van der Waals surface area contributed by atoms with Crippen molar-refractivity contribution in [2.24, 2.45) is 0 Å². The van der Waals surface area contributed by atoms with E-state index in [4.69, 9.17) is 4.74 Å². The summed E-state index contributed by atoms with van der Waals surface area (Å²) < 4.78 is 6.04. The number of hydrogen-bond acceptors (Lipinski definition) is 4. The van der Waals surface area contributed by atoms with E-state index in [1.54, 1.807) is 37.4 Å². The summed E-state index contributed by atoms with van der Waals surface area (Å²) in [5, 5.41) is 15.1. The fourth-order valence-electron chi connectivity index (χ4n) is 5.69. The van der Waals surface area contributed by atoms with E-state index in [1.807, 2.05) is 24.3 Å². The number of rotatable bonds is 21. The highest BCUT2D eigenvalue weighted by Gasteiger charge is 2.18. The van der Waals surface area contributed by atoms with Gasteiger partial charge in [0, 0.05) is 24.7 Å². The van der Waals surface area contributed by atoms with Gasteiger partial charge in [-0.2, -0.15) is 0 Å². The molecule has 6 heteroatoms. The Balaban J connectivity index is 1.36. The quantitative estimate of drug-likeness (QED) is 0.119. The average molecular weight is 603 g/mol. The monoisotopic (exact) mass is 602 g/mol. The van der Waals surface area contributed by atoms with Gasteiger partial charge in [-0.15, -0.1) is 0 Å². The number of nitrogens with zero attached hydrogens (tertiary/aromatic N) is 1. The number of carbonyl (C=O) groups excluding carboxylic acids is 2. The van der Waals surface area contributed by atoms with Crippen molar-refractivity contribution in [1.29, 1.82) is 0 Å². The van der Waals surface area contributed by atoms with Gasteiger partial charge in [0.05, 0.1) is 23.5 Å². The van der Waals surface area contributed by atoms with Gasteiger partial charge in [0.25, 0.3) is 5.91 Å². The first-order chi connectivity index (χ1) is 21.4. The number of benzene rings is 3. The number of phenols is 1. The molecule has 0 spiro atoms. The molecule has 0 radical (unpaired) electrons. The van der Waals surface area contributed by atoms with Crippen molar-refractivity contribution in [1.82, 2.24) is 0 Å². The molecule has 240 valence electrons. The Labute approximate surface area is 265 Å². The summed E-state index contributed by atoms with van der Waals surface area (Å²) in [6, 6.07) is 16.1. The van der Waals surface area contributed by atoms with Crippen LogP contribution < -0.4 is 15.0 Å². The van der Waals surface area contributed by atoms with Gasteiger partial charge >= 0.3 is 0 Å². The summed E-state index contributed by atoms with van der Waals surface area (Å²) in [6.45, 7) is 4.36. The minimum absolute atomic E-state index is 0.116. The SMILES string of the molecule is CCCCCCCCCCCCCCCCCCOc1ccccc1NC(=O)c1ccc2c(N(C)C(C)=O)cccc2c1O. The number of carbonyl (C=O) groups is 2. The lowest BCUT2D eigenvalue weighted by atomic mass is 10.0. The number of phenolic OH excluding ortho intramolecular Hbond substituents is 1. The molecule has 0 aliphatic rings. The fraction of sp³-hybridized carbons (Fsp3) is 0.526. The summed E-state index contributed by atoms with van der Waals surface area (Å²) in [6.07, 6.45) is 21.3. The average Bonchev–Trinajstić information content (AvgIpc) is 3.02. The Hall–Kier alpha value is -3.54. The van der Waals surface area contributed by atoms with Crippen molar-refractivity contribution in [2.45, 2.75) is 117 Å². The normalized spacial score (nSPS) is 11.1. The lowest BCUT2D eigenvalue weighted by Crippen LogP contribution is -2.23. The van der Waals surface area contributed by atoms with Crippen molar-refractivity contribution < 1.29 is 19.4 Å². The maximum atomic E-state index is 13.2. The van der Waals surface area contributed by atoms with Gasteiger partial charge < -0.3 is 20.1 Å². The summed E-state index contributed by atoms with van der Waals surface area (Å²) >= 11 is 0. The van der Waals surface area contributed by atoms with Crippen LogP contribution >= 0.6 is 0 Å². The Morgan fingerprint density at radius 3 is 1.86 bits per heavy atom. The smallest absolute Gasteiger partial charge is 0.259 e. The summed E-state index contributed by atoms with van der Waals surface area (Å²) in [7, 11) is 1.69. The zero-order valence-electron chi connectivity index (χ0n) is 27.3. The fourth-order valence-corrected chi connectivity index (χ4v) is 5.69. The standard InChI is InChI=1S/C38H54N2O4/c1-4-5-6-7-8-9-10-11-12-13-14-15-16-17-18-21-29-44-36-26-20-19-24-34(36)39-38(43)33-28-27-31-32(37(33)42)23-22-25-35(31)40(3)30(2)41/h19-20,22-28,42H,4-18,21,29H2,1-3H3,(H,39,43). The predicted octanol–water partition coefficient (Wildman–Crippen LogP) is 10.4. The number of para-hydroxylation sites is 2. The van der Waals surface area contributed by atoms with E-state index >= 15 is 0 Å². The molecular formula is C38H54N2O4. The first-order valence-corrected chi connectivity index (χ1v) is 17.0. The lowest BCUT2D eigenvalue weighted by Gasteiger charge is -2.18. The number of fused-ring (bicyclic) bond motifs is 1. The van der Waals surface area contributed by atoms with Crippen LogP contribution in [0.4, 0.5) is 11.4 Å². The molecule has 0 heterocycles. The van der Waals surface area contributed by atoms with E-state index in [-0.39, 0.29) is 17.2 Å². The van der Waals surface area contributed by atoms with Crippen LogP contribution in [0.25, 0.3) is 10.8 Å². The molecule has 0 saturated carbocycles. The maximum Gasteiger partial charge on any atom is 0.259 e. The molecule has 0 aliphatic carbocycles. The van der Waals surface area contributed by atoms with Crippen molar-refractivity contribution >= 4 is 34.0 Å². The Morgan fingerprint density at radius 1 is 0.705 bits per heavy atom. The molecule has 3 aromatic rings. The molecule has 2 amide bonds. The van der Waals surface area contributed by atoms with Gasteiger partial charge in [0.1, 0.15) is 11.5 Å². The second-order valence-electron chi connectivity index (χ2n) is 12.0. The Morgan fingerprint density at radius 2 is 1.27 bits per heavy atom. The molecule has 0 atom stereocenters. The van der Waals surface area contributed by atoms with Gasteiger partial charge in [0.2, 0.25) is 5.91 Å². The van der Waals surface area contributed by atoms with Gasteiger partial charge in [-0.1, -0.05) is 134 Å². The van der Waals surface area contributed by atoms with Crippen LogP contribution in [0.1, 0.15) is 127 Å². The van der Waals surface area contributed by atoms with Gasteiger partial charge in [-0.3, -0.25) is 9.59 Å². The van der Waals surface area contributed by atoms with Gasteiger partial charge in [-0.25, -0.2) is 0 Å². The zero-order valence-corrected chi connectivity index (χ0v) is 27.3. The first-order valence-electron chi connectivity index (χ1n) is 17.0. The highest BCUT2D eigenvalue weighted by Crippen LogP contribution is 2.35. The van der Waals surface area contributed by atoms with Crippen molar-refractivity contribution in [3.8, 4) is 11.5 Å². The predicted molar refractivity (Wildman–Crippen MR) is 184 cm³/mol. The number of nitrogens with one attached hydrogen (secondary N) is 1. The van der Waals surface area contributed by atoms with E-state index in [9.17, 15) is 14.7 Å². The highest BCUT2D eigenvalue weighted by atomic mass is 16.5. The molecular weight excluding hydrogens is 548 g/mol. The van der Waals surface area contributed by atoms with E-state index in [2.05, 4.69) is 12.2 Å². The number of aromatic hydroxyl groups is 1. The second-order valence-corrected chi connectivity index (χ2v) is 12.0. The largest absolute Gasteiger partial charge is 0.506 e. The number of hydrogen-bond donors (Lipinski definition) is 2. The van der Waals surface area contributed by atoms with Crippen LogP contribution in [0.5, 0.6) is 11.5 Å². The van der Waals surface area contributed by atoms with Crippen LogP contribution in [-0.2, 0) is 4.79 Å². The third kappa shape index (κ3) is 11.2. The van der Waals surface area contributed by atoms with Crippen LogP contribution in [0, 0.1) is 0 Å². The number of anilines is 2. The van der Waals surface area contributed by atoms with Crippen LogP contribution in [-0.4, -0.2) is 30.6 Å². The zero-order chi connectivity index (χ0) is 31.6. The highest BCUT2D eigenvalue weighted by molar-refractivity contribution is 6.12. The van der Waals surface area contributed by atoms with E-state index in [0.29, 0.717) is 34.5 Å². The summed E-state index contributed by atoms with van der Waals surface area (Å²) in [5.41, 5.74) is 1.40. The maximum absolute atomic E-state index is 13.2.